The van der Waals surface area contributed by atoms with Crippen molar-refractivity contribution in [2.45, 2.75) is 5.60 Å². The van der Waals surface area contributed by atoms with Crippen LogP contribution in [0.25, 0.3) is 0 Å². The standard InChI is InChI=1S/C19H14Cl2N2O2S/c20-15-7-3-13(4-8-15)19(25,14-5-9-16(21)10-6-14)18(24)23-22-12-17-2-1-11-26-17/h1-12,25H,(H,23,24). The number of hydrogen-bond acceptors (Lipinski definition) is 4. The van der Waals surface area contributed by atoms with E-state index in [1.807, 2.05) is 17.5 Å². The highest BCUT2D eigenvalue weighted by molar-refractivity contribution is 7.11. The van der Waals surface area contributed by atoms with Gasteiger partial charge < -0.3 is 5.11 Å². The van der Waals surface area contributed by atoms with Gasteiger partial charge in [-0.25, -0.2) is 5.43 Å². The van der Waals surface area contributed by atoms with Crippen LogP contribution in [-0.2, 0) is 10.4 Å². The summed E-state index contributed by atoms with van der Waals surface area (Å²) in [7, 11) is 0. The molecular weight excluding hydrogens is 391 g/mol. The van der Waals surface area contributed by atoms with Gasteiger partial charge in [-0.15, -0.1) is 11.3 Å². The SMILES string of the molecule is O=C(NN=Cc1cccs1)C(O)(c1ccc(Cl)cc1)c1ccc(Cl)cc1. The highest BCUT2D eigenvalue weighted by Gasteiger charge is 2.40. The Bertz CT molecular complexity index is 862. The predicted molar refractivity (Wildman–Crippen MR) is 106 cm³/mol. The van der Waals surface area contributed by atoms with Crippen molar-refractivity contribution >= 4 is 46.7 Å². The smallest absolute Gasteiger partial charge is 0.281 e. The molecule has 3 aromatic rings. The zero-order valence-electron chi connectivity index (χ0n) is 13.4. The van der Waals surface area contributed by atoms with Crippen molar-refractivity contribution in [2.75, 3.05) is 0 Å². The molecule has 0 atom stereocenters. The Kier molecular flexibility index (Phi) is 5.74. The molecule has 0 bridgehead atoms. The number of amides is 1. The van der Waals surface area contributed by atoms with E-state index >= 15 is 0 Å². The van der Waals surface area contributed by atoms with Crippen molar-refractivity contribution in [3.05, 3.63) is 92.1 Å². The molecule has 0 saturated carbocycles. The Balaban J connectivity index is 1.95. The van der Waals surface area contributed by atoms with Gasteiger partial charge in [-0.2, -0.15) is 5.10 Å². The first-order valence-electron chi connectivity index (χ1n) is 7.61. The highest BCUT2D eigenvalue weighted by atomic mass is 35.5. The quantitative estimate of drug-likeness (QED) is 0.487. The molecule has 1 heterocycles. The topological polar surface area (TPSA) is 61.7 Å². The third-order valence-corrected chi connectivity index (χ3v) is 5.06. The molecule has 2 N–H and O–H groups in total. The lowest BCUT2D eigenvalue weighted by molar-refractivity contribution is -0.136. The molecule has 1 aromatic heterocycles. The van der Waals surface area contributed by atoms with Crippen LogP contribution >= 0.6 is 34.5 Å². The molecule has 7 heteroatoms. The summed E-state index contributed by atoms with van der Waals surface area (Å²) in [5.41, 5.74) is 1.20. The fourth-order valence-electron chi connectivity index (χ4n) is 2.41. The molecule has 0 aliphatic carbocycles. The number of halogens is 2. The second-order valence-electron chi connectivity index (χ2n) is 5.44. The van der Waals surface area contributed by atoms with Gasteiger partial charge in [0.15, 0.2) is 5.60 Å². The lowest BCUT2D eigenvalue weighted by Crippen LogP contribution is -2.43. The van der Waals surface area contributed by atoms with Crippen molar-refractivity contribution in [2.24, 2.45) is 5.10 Å². The minimum Gasteiger partial charge on any atom is -0.372 e. The second-order valence-corrected chi connectivity index (χ2v) is 7.29. The fourth-order valence-corrected chi connectivity index (χ4v) is 3.25. The Morgan fingerprint density at radius 3 is 2.00 bits per heavy atom. The molecule has 0 spiro atoms. The summed E-state index contributed by atoms with van der Waals surface area (Å²) in [6.45, 7) is 0. The van der Waals surface area contributed by atoms with Crippen LogP contribution in [0.3, 0.4) is 0 Å². The van der Waals surface area contributed by atoms with Crippen LogP contribution < -0.4 is 5.43 Å². The molecule has 1 amide bonds. The monoisotopic (exact) mass is 404 g/mol. The van der Waals surface area contributed by atoms with Crippen molar-refractivity contribution in [1.29, 1.82) is 0 Å². The number of rotatable bonds is 5. The van der Waals surface area contributed by atoms with Gasteiger partial charge in [0.2, 0.25) is 0 Å². The van der Waals surface area contributed by atoms with Crippen LogP contribution in [0, 0.1) is 0 Å². The van der Waals surface area contributed by atoms with E-state index in [0.717, 1.165) is 4.88 Å². The number of nitrogens with one attached hydrogen (secondary N) is 1. The summed E-state index contributed by atoms with van der Waals surface area (Å²) in [6.07, 6.45) is 1.52. The number of nitrogens with zero attached hydrogens (tertiary/aromatic N) is 1. The van der Waals surface area contributed by atoms with E-state index in [1.54, 1.807) is 48.5 Å². The van der Waals surface area contributed by atoms with Gasteiger partial charge in [0, 0.05) is 14.9 Å². The number of carbonyl (C=O) groups excluding carboxylic acids is 1. The molecule has 0 radical (unpaired) electrons. The molecule has 0 fully saturated rings. The summed E-state index contributed by atoms with van der Waals surface area (Å²) in [6, 6.07) is 16.6. The Morgan fingerprint density at radius 2 is 1.54 bits per heavy atom. The Labute approximate surface area is 164 Å². The van der Waals surface area contributed by atoms with E-state index in [1.165, 1.54) is 17.6 Å². The zero-order valence-corrected chi connectivity index (χ0v) is 15.7. The lowest BCUT2D eigenvalue weighted by Gasteiger charge is -2.27. The number of carbonyl (C=O) groups is 1. The normalized spacial score (nSPS) is 11.7. The maximum Gasteiger partial charge on any atom is 0.281 e. The molecule has 4 nitrogen and oxygen atoms in total. The lowest BCUT2D eigenvalue weighted by atomic mass is 9.85. The van der Waals surface area contributed by atoms with E-state index < -0.39 is 11.5 Å². The van der Waals surface area contributed by atoms with E-state index in [4.69, 9.17) is 23.2 Å². The third kappa shape index (κ3) is 3.97. The summed E-state index contributed by atoms with van der Waals surface area (Å²) in [5, 5.41) is 18.1. The first-order valence-corrected chi connectivity index (χ1v) is 9.25. The predicted octanol–water partition coefficient (Wildman–Crippen LogP) is 4.44. The van der Waals surface area contributed by atoms with Crippen molar-refractivity contribution in [3.8, 4) is 0 Å². The van der Waals surface area contributed by atoms with Crippen LogP contribution in [0.15, 0.2) is 71.1 Å². The molecule has 0 aliphatic rings. The van der Waals surface area contributed by atoms with Crippen molar-refractivity contribution < 1.29 is 9.90 Å². The number of thiophene rings is 1. The minimum absolute atomic E-state index is 0.369. The summed E-state index contributed by atoms with van der Waals surface area (Å²) >= 11 is 13.3. The second kappa shape index (κ2) is 8.01. The number of benzene rings is 2. The first-order chi connectivity index (χ1) is 12.5. The Morgan fingerprint density at radius 1 is 1.00 bits per heavy atom. The summed E-state index contributed by atoms with van der Waals surface area (Å²) in [5.74, 6) is -0.685. The van der Waals surface area contributed by atoms with Crippen LogP contribution in [0.2, 0.25) is 10.0 Å². The molecule has 3 rings (SSSR count). The Hall–Kier alpha value is -2.18. The van der Waals surface area contributed by atoms with E-state index in [9.17, 15) is 9.90 Å². The van der Waals surface area contributed by atoms with Crippen LogP contribution in [0.4, 0.5) is 0 Å². The summed E-state index contributed by atoms with van der Waals surface area (Å²) in [4.78, 5) is 13.7. The first kappa shape index (κ1) is 18.6. The molecule has 132 valence electrons. The molecule has 0 aliphatic heterocycles. The van der Waals surface area contributed by atoms with Gasteiger partial charge in [-0.3, -0.25) is 4.79 Å². The van der Waals surface area contributed by atoms with E-state index in [-0.39, 0.29) is 0 Å². The van der Waals surface area contributed by atoms with Gasteiger partial charge in [-0.05, 0) is 46.8 Å². The van der Waals surface area contributed by atoms with Gasteiger partial charge in [-0.1, -0.05) is 53.5 Å². The van der Waals surface area contributed by atoms with E-state index in [0.29, 0.717) is 21.2 Å². The summed E-state index contributed by atoms with van der Waals surface area (Å²) < 4.78 is 0. The maximum absolute atomic E-state index is 12.8. The fraction of sp³-hybridized carbons (Fsp3) is 0.0526. The highest BCUT2D eigenvalue weighted by Crippen LogP contribution is 2.31. The van der Waals surface area contributed by atoms with Crippen LogP contribution in [0.5, 0.6) is 0 Å². The van der Waals surface area contributed by atoms with E-state index in [2.05, 4.69) is 10.5 Å². The van der Waals surface area contributed by atoms with Gasteiger partial charge >= 0.3 is 0 Å². The third-order valence-electron chi connectivity index (χ3n) is 3.75. The van der Waals surface area contributed by atoms with Crippen molar-refractivity contribution in [1.82, 2.24) is 5.43 Å². The minimum atomic E-state index is -1.94. The molecule has 0 saturated heterocycles. The number of hydrogen-bond donors (Lipinski definition) is 2. The molecule has 26 heavy (non-hydrogen) atoms. The molecular formula is C19H14Cl2N2O2S. The zero-order chi connectivity index (χ0) is 18.6. The molecule has 0 unspecified atom stereocenters. The largest absolute Gasteiger partial charge is 0.372 e. The van der Waals surface area contributed by atoms with Gasteiger partial charge in [0.1, 0.15) is 0 Å². The van der Waals surface area contributed by atoms with Crippen LogP contribution in [0.1, 0.15) is 16.0 Å². The average Bonchev–Trinajstić information content (AvgIpc) is 3.15. The number of aliphatic hydroxyl groups is 1. The average molecular weight is 405 g/mol. The number of hydrazone groups is 1. The van der Waals surface area contributed by atoms with Gasteiger partial charge in [0.05, 0.1) is 6.21 Å². The molecule has 2 aromatic carbocycles. The van der Waals surface area contributed by atoms with Crippen molar-refractivity contribution in [3.63, 3.8) is 0 Å². The van der Waals surface area contributed by atoms with Gasteiger partial charge in [0.25, 0.3) is 5.91 Å². The maximum atomic E-state index is 12.8. The van der Waals surface area contributed by atoms with Crippen LogP contribution in [-0.4, -0.2) is 17.2 Å².